The van der Waals surface area contributed by atoms with E-state index in [2.05, 4.69) is 29.3 Å². The molecular weight excluding hydrogens is 468 g/mol. The summed E-state index contributed by atoms with van der Waals surface area (Å²) in [5.74, 6) is 2.35. The zero-order chi connectivity index (χ0) is 23.5. The number of thiophene rings is 1. The molecule has 9 heteroatoms. The van der Waals surface area contributed by atoms with Gasteiger partial charge in [-0.3, -0.25) is 9.36 Å². The Bertz CT molecular complexity index is 1300. The highest BCUT2D eigenvalue weighted by Crippen LogP contribution is 2.35. The Morgan fingerprint density at radius 1 is 1.06 bits per heavy atom. The summed E-state index contributed by atoms with van der Waals surface area (Å²) < 4.78 is 13.4. The summed E-state index contributed by atoms with van der Waals surface area (Å²) in [5, 5.41) is 11.3. The number of benzene rings is 2. The van der Waals surface area contributed by atoms with Gasteiger partial charge >= 0.3 is 0 Å². The summed E-state index contributed by atoms with van der Waals surface area (Å²) in [7, 11) is 0. The third-order valence-corrected chi connectivity index (χ3v) is 7.19. The molecule has 0 bridgehead atoms. The van der Waals surface area contributed by atoms with Crippen LogP contribution in [0.3, 0.4) is 0 Å². The van der Waals surface area contributed by atoms with E-state index in [4.69, 9.17) is 9.47 Å². The van der Waals surface area contributed by atoms with Crippen LogP contribution in [0.25, 0.3) is 5.69 Å². The van der Waals surface area contributed by atoms with Gasteiger partial charge in [-0.25, -0.2) is 0 Å². The summed E-state index contributed by atoms with van der Waals surface area (Å²) in [4.78, 5) is 16.4. The zero-order valence-electron chi connectivity index (χ0n) is 18.9. The van der Waals surface area contributed by atoms with Crippen molar-refractivity contribution in [3.05, 3.63) is 76.2 Å². The molecule has 0 spiro atoms. The predicted octanol–water partition coefficient (Wildman–Crippen LogP) is 5.04. The van der Waals surface area contributed by atoms with Gasteiger partial charge in [0.15, 0.2) is 16.7 Å². The number of hydrogen-bond acceptors (Lipinski definition) is 7. The van der Waals surface area contributed by atoms with Crippen LogP contribution in [0.15, 0.2) is 65.1 Å². The van der Waals surface area contributed by atoms with Crippen molar-refractivity contribution in [3.8, 4) is 17.2 Å². The van der Waals surface area contributed by atoms with Gasteiger partial charge in [-0.05, 0) is 55.1 Å². The molecule has 1 aliphatic rings. The maximum Gasteiger partial charge on any atom is 0.237 e. The van der Waals surface area contributed by atoms with Crippen molar-refractivity contribution in [2.45, 2.75) is 25.5 Å². The monoisotopic (exact) mass is 492 g/mol. The normalized spacial score (nSPS) is 12.5. The van der Waals surface area contributed by atoms with E-state index in [1.807, 2.05) is 59.3 Å². The highest BCUT2D eigenvalue weighted by Gasteiger charge is 2.22. The molecule has 0 radical (unpaired) electrons. The highest BCUT2D eigenvalue weighted by molar-refractivity contribution is 7.99. The number of thioether (sulfide) groups is 1. The summed E-state index contributed by atoms with van der Waals surface area (Å²) in [5.41, 5.74) is 2.91. The maximum absolute atomic E-state index is 13.5. The Balaban J connectivity index is 1.39. The van der Waals surface area contributed by atoms with Crippen LogP contribution in [-0.4, -0.2) is 39.6 Å². The number of hydrogen-bond donors (Lipinski definition) is 0. The van der Waals surface area contributed by atoms with Gasteiger partial charge in [0.1, 0.15) is 19.0 Å². The number of rotatable bonds is 7. The Kier molecular flexibility index (Phi) is 6.55. The molecular formula is C25H24N4O3S2. The minimum Gasteiger partial charge on any atom is -0.486 e. The average Bonchev–Trinajstić information content (AvgIpc) is 3.50. The molecule has 2 aromatic heterocycles. The number of carbonyl (C=O) groups is 1. The van der Waals surface area contributed by atoms with E-state index in [0.717, 1.165) is 27.6 Å². The quantitative estimate of drug-likeness (QED) is 0.337. The van der Waals surface area contributed by atoms with Crippen LogP contribution in [0.4, 0.5) is 5.69 Å². The number of aromatic nitrogens is 3. The first-order valence-corrected chi connectivity index (χ1v) is 12.8. The molecule has 174 valence electrons. The second kappa shape index (κ2) is 9.90. The van der Waals surface area contributed by atoms with Crippen LogP contribution >= 0.6 is 23.1 Å². The first-order chi connectivity index (χ1) is 16.6. The van der Waals surface area contributed by atoms with Gasteiger partial charge in [0.2, 0.25) is 5.91 Å². The molecule has 4 aromatic rings. The molecule has 1 amide bonds. The molecule has 7 nitrogen and oxygen atoms in total. The van der Waals surface area contributed by atoms with Crippen LogP contribution < -0.4 is 14.4 Å². The number of carbonyl (C=O) groups excluding carboxylic acids is 1. The molecule has 34 heavy (non-hydrogen) atoms. The average molecular weight is 493 g/mol. The standard InChI is InChI=1S/C25H24N4O3S2/c1-17-5-3-6-20(13-17)29-18(2)26-27-25(29)34-16-24(30)28(15-21-7-4-12-33-21)19-8-9-22-23(14-19)32-11-10-31-22/h3-9,12-14H,10-11,15-16H2,1-2H3. The molecule has 2 aromatic carbocycles. The van der Waals surface area contributed by atoms with Crippen molar-refractivity contribution < 1.29 is 14.3 Å². The zero-order valence-corrected chi connectivity index (χ0v) is 20.6. The summed E-state index contributed by atoms with van der Waals surface area (Å²) >= 11 is 3.01. The molecule has 0 unspecified atom stereocenters. The van der Waals surface area contributed by atoms with Gasteiger partial charge in [0, 0.05) is 22.3 Å². The third-order valence-electron chi connectivity index (χ3n) is 5.41. The lowest BCUT2D eigenvalue weighted by molar-refractivity contribution is -0.116. The van der Waals surface area contributed by atoms with Crippen LogP contribution in [0.5, 0.6) is 11.5 Å². The predicted molar refractivity (Wildman–Crippen MR) is 134 cm³/mol. The van der Waals surface area contributed by atoms with E-state index in [-0.39, 0.29) is 11.7 Å². The Morgan fingerprint density at radius 2 is 1.91 bits per heavy atom. The van der Waals surface area contributed by atoms with E-state index in [0.29, 0.717) is 36.4 Å². The third kappa shape index (κ3) is 4.80. The molecule has 1 aliphatic heterocycles. The first-order valence-electron chi connectivity index (χ1n) is 10.9. The van der Waals surface area contributed by atoms with Crippen LogP contribution in [0.2, 0.25) is 0 Å². The Hall–Kier alpha value is -3.30. The van der Waals surface area contributed by atoms with Crippen molar-refractivity contribution in [2.24, 2.45) is 0 Å². The van der Waals surface area contributed by atoms with E-state index < -0.39 is 0 Å². The van der Waals surface area contributed by atoms with Gasteiger partial charge in [0.05, 0.1) is 12.3 Å². The molecule has 0 fully saturated rings. The van der Waals surface area contributed by atoms with Crippen LogP contribution in [0, 0.1) is 13.8 Å². The Labute approximate surface area is 206 Å². The fourth-order valence-electron chi connectivity index (χ4n) is 3.79. The summed E-state index contributed by atoms with van der Waals surface area (Å²) in [6.45, 7) is 5.48. The topological polar surface area (TPSA) is 69.5 Å². The van der Waals surface area contributed by atoms with Crippen LogP contribution in [-0.2, 0) is 11.3 Å². The molecule has 5 rings (SSSR count). The number of aryl methyl sites for hydroxylation is 2. The van der Waals surface area contributed by atoms with Crippen molar-refractivity contribution in [2.75, 3.05) is 23.9 Å². The first kappa shape index (κ1) is 22.5. The second-order valence-electron chi connectivity index (χ2n) is 7.88. The lowest BCUT2D eigenvalue weighted by Crippen LogP contribution is -2.32. The number of anilines is 1. The fourth-order valence-corrected chi connectivity index (χ4v) is 5.35. The van der Waals surface area contributed by atoms with Crippen molar-refractivity contribution >= 4 is 34.7 Å². The SMILES string of the molecule is Cc1cccc(-n2c(C)nnc2SCC(=O)N(Cc2cccs2)c2ccc3c(c2)OCCO3)c1. The van der Waals surface area contributed by atoms with E-state index in [1.165, 1.54) is 11.8 Å². The smallest absolute Gasteiger partial charge is 0.237 e. The van der Waals surface area contributed by atoms with Gasteiger partial charge in [-0.15, -0.1) is 21.5 Å². The fraction of sp³-hybridized carbons (Fsp3) is 0.240. The molecule has 0 atom stereocenters. The lowest BCUT2D eigenvalue weighted by Gasteiger charge is -2.25. The highest BCUT2D eigenvalue weighted by atomic mass is 32.2. The molecule has 0 saturated carbocycles. The minimum absolute atomic E-state index is 0.0217. The van der Waals surface area contributed by atoms with Crippen molar-refractivity contribution in [3.63, 3.8) is 0 Å². The number of nitrogens with zero attached hydrogens (tertiary/aromatic N) is 4. The minimum atomic E-state index is -0.0217. The second-order valence-corrected chi connectivity index (χ2v) is 9.85. The number of amides is 1. The molecule has 3 heterocycles. The van der Waals surface area contributed by atoms with Crippen molar-refractivity contribution in [1.82, 2.24) is 14.8 Å². The number of fused-ring (bicyclic) bond motifs is 1. The molecule has 0 aliphatic carbocycles. The van der Waals surface area contributed by atoms with Gasteiger partial charge in [-0.1, -0.05) is 30.0 Å². The summed E-state index contributed by atoms with van der Waals surface area (Å²) in [6, 6.07) is 17.8. The number of ether oxygens (including phenoxy) is 2. The molecule has 0 saturated heterocycles. The van der Waals surface area contributed by atoms with E-state index >= 15 is 0 Å². The summed E-state index contributed by atoms with van der Waals surface area (Å²) in [6.07, 6.45) is 0. The largest absolute Gasteiger partial charge is 0.486 e. The van der Waals surface area contributed by atoms with Gasteiger partial charge in [0.25, 0.3) is 0 Å². The van der Waals surface area contributed by atoms with E-state index in [1.54, 1.807) is 16.2 Å². The van der Waals surface area contributed by atoms with Crippen LogP contribution in [0.1, 0.15) is 16.3 Å². The van der Waals surface area contributed by atoms with Gasteiger partial charge in [-0.2, -0.15) is 0 Å². The Morgan fingerprint density at radius 3 is 2.71 bits per heavy atom. The van der Waals surface area contributed by atoms with Gasteiger partial charge < -0.3 is 14.4 Å². The van der Waals surface area contributed by atoms with E-state index in [9.17, 15) is 4.79 Å². The maximum atomic E-state index is 13.5. The molecule has 0 N–H and O–H groups in total. The van der Waals surface area contributed by atoms with Crippen molar-refractivity contribution in [1.29, 1.82) is 0 Å². The lowest BCUT2D eigenvalue weighted by atomic mass is 10.2.